The molecule has 2 aromatic heterocycles. The van der Waals surface area contributed by atoms with E-state index in [4.69, 9.17) is 9.97 Å². The van der Waals surface area contributed by atoms with E-state index in [0.717, 1.165) is 32.9 Å². The van der Waals surface area contributed by atoms with Crippen LogP contribution in [0.15, 0.2) is 78.9 Å². The average molecular weight is 352 g/mol. The molecule has 0 saturated carbocycles. The van der Waals surface area contributed by atoms with Gasteiger partial charge in [0.1, 0.15) is 0 Å². The first-order valence-electron chi connectivity index (χ1n) is 8.61. The zero-order valence-electron chi connectivity index (χ0n) is 14.3. The third-order valence-corrected chi connectivity index (χ3v) is 5.71. The first-order valence-corrected chi connectivity index (χ1v) is 9.43. The molecule has 2 heterocycles. The maximum Gasteiger partial charge on any atom is 0.160 e. The van der Waals surface area contributed by atoms with Gasteiger partial charge < -0.3 is 0 Å². The highest BCUT2D eigenvalue weighted by Crippen LogP contribution is 2.39. The van der Waals surface area contributed by atoms with Crippen LogP contribution in [0.4, 0.5) is 0 Å². The van der Waals surface area contributed by atoms with E-state index in [1.165, 1.54) is 15.6 Å². The van der Waals surface area contributed by atoms with Crippen LogP contribution in [0.25, 0.3) is 42.9 Å². The molecule has 5 aromatic rings. The predicted molar refractivity (Wildman–Crippen MR) is 111 cm³/mol. The molecule has 0 fully saturated rings. The van der Waals surface area contributed by atoms with Gasteiger partial charge >= 0.3 is 0 Å². The minimum Gasteiger partial charge on any atom is -0.226 e. The van der Waals surface area contributed by atoms with Gasteiger partial charge in [-0.15, -0.1) is 11.3 Å². The molecule has 5 rings (SSSR count). The lowest BCUT2D eigenvalue weighted by Crippen LogP contribution is -1.93. The Kier molecular flexibility index (Phi) is 3.54. The monoisotopic (exact) mass is 352 g/mol. The number of aryl methyl sites for hydroxylation is 1. The first-order chi connectivity index (χ1) is 12.8. The fraction of sp³-hybridized carbons (Fsp3) is 0.0435. The Morgan fingerprint density at radius 2 is 1.50 bits per heavy atom. The maximum absolute atomic E-state index is 4.98. The minimum atomic E-state index is 0.781. The molecule has 0 atom stereocenters. The van der Waals surface area contributed by atoms with Gasteiger partial charge in [-0.25, -0.2) is 9.97 Å². The topological polar surface area (TPSA) is 25.8 Å². The second kappa shape index (κ2) is 6.04. The first kappa shape index (κ1) is 15.2. The molecule has 0 aliphatic heterocycles. The van der Waals surface area contributed by atoms with Crippen LogP contribution >= 0.6 is 11.3 Å². The quantitative estimate of drug-likeness (QED) is 0.363. The van der Waals surface area contributed by atoms with Crippen molar-refractivity contribution in [3.8, 4) is 22.6 Å². The van der Waals surface area contributed by atoms with E-state index in [0.29, 0.717) is 0 Å². The van der Waals surface area contributed by atoms with E-state index >= 15 is 0 Å². The van der Waals surface area contributed by atoms with Gasteiger partial charge in [-0.3, -0.25) is 0 Å². The molecule has 0 amide bonds. The standard InChI is InChI=1S/C23H16N2S/c1-15-8-7-11-17(14-15)23-24-20(16-9-3-2-4-10-16)22-21(25-23)18-12-5-6-13-19(18)26-22/h2-14H,1H3. The Labute approximate surface area is 155 Å². The largest absolute Gasteiger partial charge is 0.226 e. The van der Waals surface area contributed by atoms with Gasteiger partial charge in [0.05, 0.1) is 15.9 Å². The Morgan fingerprint density at radius 3 is 2.35 bits per heavy atom. The average Bonchev–Trinajstić information content (AvgIpc) is 3.06. The van der Waals surface area contributed by atoms with Crippen LogP contribution in [0, 0.1) is 6.92 Å². The molecule has 0 saturated heterocycles. The molecule has 0 unspecified atom stereocenters. The third kappa shape index (κ3) is 2.49. The molecule has 0 spiro atoms. The fourth-order valence-electron chi connectivity index (χ4n) is 3.30. The zero-order chi connectivity index (χ0) is 17.5. The zero-order valence-corrected chi connectivity index (χ0v) is 15.1. The summed E-state index contributed by atoms with van der Waals surface area (Å²) in [6.07, 6.45) is 0. The highest BCUT2D eigenvalue weighted by molar-refractivity contribution is 7.26. The van der Waals surface area contributed by atoms with Crippen LogP contribution in [-0.2, 0) is 0 Å². The van der Waals surface area contributed by atoms with Gasteiger partial charge in [0.2, 0.25) is 0 Å². The van der Waals surface area contributed by atoms with Crippen molar-refractivity contribution in [1.29, 1.82) is 0 Å². The number of benzene rings is 3. The molecular weight excluding hydrogens is 336 g/mol. The van der Waals surface area contributed by atoms with E-state index in [-0.39, 0.29) is 0 Å². The van der Waals surface area contributed by atoms with E-state index < -0.39 is 0 Å². The summed E-state index contributed by atoms with van der Waals surface area (Å²) >= 11 is 1.77. The maximum atomic E-state index is 4.98. The van der Waals surface area contributed by atoms with Crippen LogP contribution < -0.4 is 0 Å². The minimum absolute atomic E-state index is 0.781. The summed E-state index contributed by atoms with van der Waals surface area (Å²) in [7, 11) is 0. The second-order valence-corrected chi connectivity index (χ2v) is 7.46. The number of rotatable bonds is 2. The van der Waals surface area contributed by atoms with Crippen LogP contribution in [-0.4, -0.2) is 9.97 Å². The van der Waals surface area contributed by atoms with Crippen molar-refractivity contribution in [3.63, 3.8) is 0 Å². The molecule has 0 aliphatic rings. The van der Waals surface area contributed by atoms with E-state index in [2.05, 4.69) is 79.7 Å². The summed E-state index contributed by atoms with van der Waals surface area (Å²) in [6.45, 7) is 2.10. The highest BCUT2D eigenvalue weighted by Gasteiger charge is 2.16. The van der Waals surface area contributed by atoms with Gasteiger partial charge in [0, 0.05) is 21.2 Å². The van der Waals surface area contributed by atoms with Crippen molar-refractivity contribution in [2.45, 2.75) is 6.92 Å². The molecule has 0 bridgehead atoms. The number of nitrogens with zero attached hydrogens (tertiary/aromatic N) is 2. The SMILES string of the molecule is Cc1cccc(-c2nc(-c3ccccc3)c3sc4ccccc4c3n2)c1. The number of hydrogen-bond donors (Lipinski definition) is 0. The van der Waals surface area contributed by atoms with Crippen molar-refractivity contribution in [1.82, 2.24) is 9.97 Å². The third-order valence-electron chi connectivity index (χ3n) is 4.54. The van der Waals surface area contributed by atoms with Crippen LogP contribution in [0.1, 0.15) is 5.56 Å². The van der Waals surface area contributed by atoms with E-state index in [9.17, 15) is 0 Å². The van der Waals surface area contributed by atoms with Crippen molar-refractivity contribution >= 4 is 31.6 Å². The van der Waals surface area contributed by atoms with Crippen molar-refractivity contribution in [2.75, 3.05) is 0 Å². The lowest BCUT2D eigenvalue weighted by Gasteiger charge is -2.07. The lowest BCUT2D eigenvalue weighted by atomic mass is 10.1. The number of thiophene rings is 1. The van der Waals surface area contributed by atoms with Crippen LogP contribution in [0.5, 0.6) is 0 Å². The van der Waals surface area contributed by atoms with Gasteiger partial charge in [-0.05, 0) is 19.1 Å². The molecule has 3 aromatic carbocycles. The fourth-order valence-corrected chi connectivity index (χ4v) is 4.45. The van der Waals surface area contributed by atoms with Crippen molar-refractivity contribution in [2.24, 2.45) is 0 Å². The summed E-state index contributed by atoms with van der Waals surface area (Å²) in [4.78, 5) is 9.94. The van der Waals surface area contributed by atoms with E-state index in [1.807, 2.05) is 6.07 Å². The molecule has 26 heavy (non-hydrogen) atoms. The summed E-state index contributed by atoms with van der Waals surface area (Å²) in [5.74, 6) is 0.781. The summed E-state index contributed by atoms with van der Waals surface area (Å²) in [5.41, 5.74) is 5.44. The number of aromatic nitrogens is 2. The molecule has 3 heteroatoms. The second-order valence-electron chi connectivity index (χ2n) is 6.41. The lowest BCUT2D eigenvalue weighted by molar-refractivity contribution is 1.23. The van der Waals surface area contributed by atoms with Gasteiger partial charge in [-0.1, -0.05) is 72.3 Å². The van der Waals surface area contributed by atoms with E-state index in [1.54, 1.807) is 11.3 Å². The van der Waals surface area contributed by atoms with Gasteiger partial charge in [0.15, 0.2) is 5.82 Å². The summed E-state index contributed by atoms with van der Waals surface area (Å²) in [5, 5.41) is 1.20. The van der Waals surface area contributed by atoms with Gasteiger partial charge in [-0.2, -0.15) is 0 Å². The summed E-state index contributed by atoms with van der Waals surface area (Å²) in [6, 6.07) is 27.2. The van der Waals surface area contributed by atoms with Crippen LogP contribution in [0.3, 0.4) is 0 Å². The Balaban J connectivity index is 1.89. The highest BCUT2D eigenvalue weighted by atomic mass is 32.1. The molecule has 0 radical (unpaired) electrons. The molecule has 0 aliphatic carbocycles. The normalized spacial score (nSPS) is 11.3. The number of fused-ring (bicyclic) bond motifs is 3. The van der Waals surface area contributed by atoms with Crippen molar-refractivity contribution < 1.29 is 0 Å². The molecule has 0 N–H and O–H groups in total. The van der Waals surface area contributed by atoms with Gasteiger partial charge in [0.25, 0.3) is 0 Å². The predicted octanol–water partition coefficient (Wildman–Crippen LogP) is 6.49. The molecular formula is C23H16N2S. The van der Waals surface area contributed by atoms with Crippen LogP contribution in [0.2, 0.25) is 0 Å². The molecule has 124 valence electrons. The smallest absolute Gasteiger partial charge is 0.160 e. The Morgan fingerprint density at radius 1 is 0.731 bits per heavy atom. The Hall–Kier alpha value is -3.04. The Bertz CT molecular complexity index is 1240. The summed E-state index contributed by atoms with van der Waals surface area (Å²) < 4.78 is 2.39. The van der Waals surface area contributed by atoms with Crippen molar-refractivity contribution in [3.05, 3.63) is 84.4 Å². The number of hydrogen-bond acceptors (Lipinski definition) is 3. The molecule has 2 nitrogen and oxygen atoms in total.